The van der Waals surface area contributed by atoms with E-state index in [1.54, 1.807) is 25.1 Å². The van der Waals surface area contributed by atoms with Crippen LogP contribution in [-0.4, -0.2) is 0 Å². The maximum atomic E-state index is 13.8. The van der Waals surface area contributed by atoms with Gasteiger partial charge in [0.15, 0.2) is 0 Å². The molecule has 0 bridgehead atoms. The molecule has 0 aliphatic heterocycles. The number of rotatable bonds is 2. The Morgan fingerprint density at radius 1 is 1.11 bits per heavy atom. The zero-order valence-electron chi connectivity index (χ0n) is 10.1. The lowest BCUT2D eigenvalue weighted by Gasteiger charge is -2.16. The van der Waals surface area contributed by atoms with Crippen molar-refractivity contribution < 1.29 is 8.78 Å². The molecule has 0 aromatic heterocycles. The van der Waals surface area contributed by atoms with Gasteiger partial charge in [-0.25, -0.2) is 8.78 Å². The van der Waals surface area contributed by atoms with Gasteiger partial charge in [0.2, 0.25) is 0 Å². The lowest BCUT2D eigenvalue weighted by Crippen LogP contribution is -2.14. The second-order valence-corrected chi connectivity index (χ2v) is 5.59. The van der Waals surface area contributed by atoms with Crippen LogP contribution in [0.3, 0.4) is 0 Å². The summed E-state index contributed by atoms with van der Waals surface area (Å²) in [4.78, 5) is 0. The minimum Gasteiger partial charge on any atom is -0.320 e. The minimum atomic E-state index is -0.746. The molecular weight excluding hydrogens is 336 g/mol. The van der Waals surface area contributed by atoms with Crippen molar-refractivity contribution in [3.63, 3.8) is 0 Å². The first-order valence-corrected chi connectivity index (χ1v) is 6.73. The van der Waals surface area contributed by atoms with Crippen LogP contribution < -0.4 is 5.73 Å². The van der Waals surface area contributed by atoms with Crippen LogP contribution in [0.2, 0.25) is 5.02 Å². The van der Waals surface area contributed by atoms with E-state index in [2.05, 4.69) is 15.9 Å². The van der Waals surface area contributed by atoms with Crippen LogP contribution in [0.4, 0.5) is 8.78 Å². The Balaban J connectivity index is 2.52. The highest BCUT2D eigenvalue weighted by molar-refractivity contribution is 9.10. The Labute approximate surface area is 123 Å². The maximum absolute atomic E-state index is 13.8. The standard InChI is InChI=1S/C14H11BrClF2N/c1-7-4-9(11(16)6-13(7)18)14(19)10-5-8(15)2-3-12(10)17/h2-6,14H,19H2,1H3. The van der Waals surface area contributed by atoms with Crippen LogP contribution in [0, 0.1) is 18.6 Å². The summed E-state index contributed by atoms with van der Waals surface area (Å²) in [6, 6.07) is 6.50. The maximum Gasteiger partial charge on any atom is 0.128 e. The minimum absolute atomic E-state index is 0.190. The van der Waals surface area contributed by atoms with Crippen molar-refractivity contribution in [3.05, 3.63) is 68.2 Å². The van der Waals surface area contributed by atoms with E-state index in [4.69, 9.17) is 17.3 Å². The van der Waals surface area contributed by atoms with Crippen molar-refractivity contribution in [1.29, 1.82) is 0 Å². The highest BCUT2D eigenvalue weighted by atomic mass is 79.9. The van der Waals surface area contributed by atoms with Gasteiger partial charge in [-0.3, -0.25) is 0 Å². The summed E-state index contributed by atoms with van der Waals surface area (Å²) in [6.45, 7) is 1.61. The predicted molar refractivity (Wildman–Crippen MR) is 76.3 cm³/mol. The van der Waals surface area contributed by atoms with Gasteiger partial charge in [-0.15, -0.1) is 0 Å². The highest BCUT2D eigenvalue weighted by Gasteiger charge is 2.18. The molecule has 0 saturated heterocycles. The quantitative estimate of drug-likeness (QED) is 0.835. The number of aryl methyl sites for hydroxylation is 1. The molecule has 0 spiro atoms. The first kappa shape index (κ1) is 14.4. The summed E-state index contributed by atoms with van der Waals surface area (Å²) in [5, 5.41) is 0.190. The first-order valence-electron chi connectivity index (χ1n) is 5.56. The van der Waals surface area contributed by atoms with E-state index >= 15 is 0 Å². The lowest BCUT2D eigenvalue weighted by molar-refractivity contribution is 0.597. The molecule has 5 heteroatoms. The van der Waals surface area contributed by atoms with Crippen molar-refractivity contribution in [3.8, 4) is 0 Å². The van der Waals surface area contributed by atoms with Crippen LogP contribution in [-0.2, 0) is 0 Å². The highest BCUT2D eigenvalue weighted by Crippen LogP contribution is 2.31. The molecule has 0 saturated carbocycles. The van der Waals surface area contributed by atoms with Crippen LogP contribution in [0.25, 0.3) is 0 Å². The summed E-state index contributed by atoms with van der Waals surface area (Å²) >= 11 is 9.25. The molecule has 0 radical (unpaired) electrons. The molecule has 2 N–H and O–H groups in total. The van der Waals surface area contributed by atoms with E-state index < -0.39 is 17.7 Å². The van der Waals surface area contributed by atoms with E-state index in [0.29, 0.717) is 21.2 Å². The van der Waals surface area contributed by atoms with Gasteiger partial charge in [-0.1, -0.05) is 27.5 Å². The molecule has 0 heterocycles. The van der Waals surface area contributed by atoms with Crippen LogP contribution in [0.1, 0.15) is 22.7 Å². The van der Waals surface area contributed by atoms with Gasteiger partial charge in [0.05, 0.1) is 6.04 Å². The van der Waals surface area contributed by atoms with E-state index in [1.165, 1.54) is 12.1 Å². The molecule has 19 heavy (non-hydrogen) atoms. The van der Waals surface area contributed by atoms with E-state index in [0.717, 1.165) is 0 Å². The number of hydrogen-bond acceptors (Lipinski definition) is 1. The van der Waals surface area contributed by atoms with Crippen molar-refractivity contribution >= 4 is 27.5 Å². The molecule has 1 nitrogen and oxygen atoms in total. The molecule has 0 aliphatic carbocycles. The van der Waals surface area contributed by atoms with Gasteiger partial charge in [0.1, 0.15) is 11.6 Å². The summed E-state index contributed by atoms with van der Waals surface area (Å²) in [6.07, 6.45) is 0. The molecule has 100 valence electrons. The normalized spacial score (nSPS) is 12.5. The van der Waals surface area contributed by atoms with Gasteiger partial charge in [-0.05, 0) is 48.4 Å². The van der Waals surface area contributed by atoms with Crippen LogP contribution in [0.15, 0.2) is 34.8 Å². The van der Waals surface area contributed by atoms with Crippen molar-refractivity contribution in [2.45, 2.75) is 13.0 Å². The van der Waals surface area contributed by atoms with Crippen molar-refractivity contribution in [2.24, 2.45) is 5.73 Å². The molecule has 1 atom stereocenters. The molecule has 2 rings (SSSR count). The molecule has 2 aromatic rings. The van der Waals surface area contributed by atoms with Gasteiger partial charge in [0, 0.05) is 15.1 Å². The van der Waals surface area contributed by atoms with Gasteiger partial charge >= 0.3 is 0 Å². The van der Waals surface area contributed by atoms with E-state index in [1.807, 2.05) is 0 Å². The SMILES string of the molecule is Cc1cc(C(N)c2cc(Br)ccc2F)c(Cl)cc1F. The zero-order valence-corrected chi connectivity index (χ0v) is 12.4. The molecule has 2 aromatic carbocycles. The fraction of sp³-hybridized carbons (Fsp3) is 0.143. The molecular formula is C14H11BrClF2N. The molecule has 1 unspecified atom stereocenters. The second-order valence-electron chi connectivity index (χ2n) is 4.27. The Morgan fingerprint density at radius 3 is 2.47 bits per heavy atom. The van der Waals surface area contributed by atoms with Gasteiger partial charge < -0.3 is 5.73 Å². The Morgan fingerprint density at radius 2 is 1.79 bits per heavy atom. The van der Waals surface area contributed by atoms with Crippen LogP contribution in [0.5, 0.6) is 0 Å². The topological polar surface area (TPSA) is 26.0 Å². The third-order valence-electron chi connectivity index (χ3n) is 2.91. The van der Waals surface area contributed by atoms with E-state index in [-0.39, 0.29) is 5.02 Å². The number of nitrogens with two attached hydrogens (primary N) is 1. The third-order valence-corrected chi connectivity index (χ3v) is 3.73. The lowest BCUT2D eigenvalue weighted by atomic mass is 9.97. The summed E-state index contributed by atoms with van der Waals surface area (Å²) in [5.74, 6) is -0.829. The van der Waals surface area contributed by atoms with E-state index in [9.17, 15) is 8.78 Å². The fourth-order valence-corrected chi connectivity index (χ4v) is 2.49. The third kappa shape index (κ3) is 2.96. The smallest absolute Gasteiger partial charge is 0.128 e. The summed E-state index contributed by atoms with van der Waals surface area (Å²) in [7, 11) is 0. The first-order chi connectivity index (χ1) is 8.90. The van der Waals surface area contributed by atoms with Crippen molar-refractivity contribution in [2.75, 3.05) is 0 Å². The number of benzene rings is 2. The van der Waals surface area contributed by atoms with Crippen molar-refractivity contribution in [1.82, 2.24) is 0 Å². The average molecular weight is 347 g/mol. The fourth-order valence-electron chi connectivity index (χ4n) is 1.84. The average Bonchev–Trinajstić information content (AvgIpc) is 2.36. The number of hydrogen-bond donors (Lipinski definition) is 1. The second kappa shape index (κ2) is 5.57. The summed E-state index contributed by atoms with van der Waals surface area (Å²) < 4.78 is 27.9. The monoisotopic (exact) mass is 345 g/mol. The Hall–Kier alpha value is -0.970. The zero-order chi connectivity index (χ0) is 14.2. The summed E-state index contributed by atoms with van der Waals surface area (Å²) in [5.41, 5.74) is 7.27. The van der Waals surface area contributed by atoms with Crippen LogP contribution >= 0.6 is 27.5 Å². The molecule has 0 amide bonds. The van der Waals surface area contributed by atoms with Gasteiger partial charge in [-0.2, -0.15) is 0 Å². The largest absolute Gasteiger partial charge is 0.320 e. The molecule has 0 fully saturated rings. The Kier molecular flexibility index (Phi) is 4.23. The number of halogens is 4. The molecule has 0 aliphatic rings. The predicted octanol–water partition coefficient (Wildman–Crippen LogP) is 4.74. The van der Waals surface area contributed by atoms with Gasteiger partial charge in [0.25, 0.3) is 0 Å². The Bertz CT molecular complexity index is 631.